The summed E-state index contributed by atoms with van der Waals surface area (Å²) in [4.78, 5) is 13.9. The number of nitrogens with zero attached hydrogens (tertiary/aromatic N) is 1. The summed E-state index contributed by atoms with van der Waals surface area (Å²) in [5, 5.41) is 0.798. The molecule has 1 amide bonds. The number of alkyl halides is 1. The Bertz CT molecular complexity index is 520. The van der Waals surface area contributed by atoms with Crippen molar-refractivity contribution >= 4 is 22.0 Å². The fraction of sp³-hybridized carbons (Fsp3) is 0.562. The zero-order valence-electron chi connectivity index (χ0n) is 13.0. The van der Waals surface area contributed by atoms with Gasteiger partial charge in [0.2, 0.25) is 0 Å². The van der Waals surface area contributed by atoms with Gasteiger partial charge in [-0.15, -0.1) is 0 Å². The fourth-order valence-electron chi connectivity index (χ4n) is 2.44. The summed E-state index contributed by atoms with van der Waals surface area (Å²) >= 11 is 3.48. The van der Waals surface area contributed by atoms with Gasteiger partial charge in [0, 0.05) is 17.4 Å². The molecule has 21 heavy (non-hydrogen) atoms. The number of carbonyl (C=O) groups is 1. The van der Waals surface area contributed by atoms with Crippen molar-refractivity contribution in [2.45, 2.75) is 44.7 Å². The summed E-state index contributed by atoms with van der Waals surface area (Å²) in [5.74, 6) is 0.843. The van der Waals surface area contributed by atoms with Crippen molar-refractivity contribution in [3.05, 3.63) is 28.8 Å². The average Bonchev–Trinajstić information content (AvgIpc) is 2.43. The van der Waals surface area contributed by atoms with Crippen LogP contribution in [0.4, 0.5) is 4.79 Å². The third-order valence-corrected chi connectivity index (χ3v) is 4.03. The second kappa shape index (κ2) is 6.26. The number of carbonyl (C=O) groups excluding carboxylic acids is 1. The largest absolute Gasteiger partial charge is 0.496 e. The maximum Gasteiger partial charge on any atom is 0.410 e. The van der Waals surface area contributed by atoms with Crippen LogP contribution in [0.1, 0.15) is 37.5 Å². The minimum Gasteiger partial charge on any atom is -0.496 e. The summed E-state index contributed by atoms with van der Waals surface area (Å²) in [6, 6.07) is 4.20. The van der Waals surface area contributed by atoms with Crippen LogP contribution in [-0.4, -0.2) is 30.2 Å². The second-order valence-corrected chi connectivity index (χ2v) is 6.78. The molecule has 0 saturated heterocycles. The minimum atomic E-state index is -0.471. The molecule has 0 radical (unpaired) electrons. The zero-order chi connectivity index (χ0) is 15.6. The molecule has 0 aromatic heterocycles. The van der Waals surface area contributed by atoms with Gasteiger partial charge < -0.3 is 14.4 Å². The van der Waals surface area contributed by atoms with Crippen molar-refractivity contribution in [3.63, 3.8) is 0 Å². The molecule has 0 aliphatic carbocycles. The van der Waals surface area contributed by atoms with Gasteiger partial charge >= 0.3 is 6.09 Å². The maximum atomic E-state index is 12.2. The maximum absolute atomic E-state index is 12.2. The highest BCUT2D eigenvalue weighted by molar-refractivity contribution is 9.08. The Morgan fingerprint density at radius 1 is 1.38 bits per heavy atom. The van der Waals surface area contributed by atoms with Crippen molar-refractivity contribution in [1.29, 1.82) is 0 Å². The van der Waals surface area contributed by atoms with Crippen LogP contribution in [0.2, 0.25) is 0 Å². The van der Waals surface area contributed by atoms with E-state index < -0.39 is 5.60 Å². The number of benzene rings is 1. The van der Waals surface area contributed by atoms with Crippen LogP contribution in [0.3, 0.4) is 0 Å². The number of ether oxygens (including phenoxy) is 2. The van der Waals surface area contributed by atoms with Gasteiger partial charge in [-0.1, -0.05) is 22.0 Å². The third kappa shape index (κ3) is 3.90. The Kier molecular flexibility index (Phi) is 4.81. The minimum absolute atomic E-state index is 0.264. The molecule has 0 atom stereocenters. The number of halogens is 1. The summed E-state index contributed by atoms with van der Waals surface area (Å²) in [6.07, 6.45) is 0.561. The van der Waals surface area contributed by atoms with Crippen molar-refractivity contribution in [3.8, 4) is 5.75 Å². The van der Waals surface area contributed by atoms with E-state index in [0.29, 0.717) is 13.1 Å². The number of methoxy groups -OCH3 is 1. The van der Waals surface area contributed by atoms with E-state index in [-0.39, 0.29) is 6.09 Å². The lowest BCUT2D eigenvalue weighted by Crippen LogP contribution is -2.40. The Balaban J connectivity index is 2.22. The summed E-state index contributed by atoms with van der Waals surface area (Å²) in [5.41, 5.74) is 3.06. The molecule has 0 saturated carbocycles. The lowest BCUT2D eigenvalue weighted by atomic mass is 9.96. The highest BCUT2D eigenvalue weighted by Gasteiger charge is 2.27. The monoisotopic (exact) mass is 355 g/mol. The van der Waals surface area contributed by atoms with E-state index in [9.17, 15) is 4.79 Å². The molecule has 5 heteroatoms. The highest BCUT2D eigenvalue weighted by Crippen LogP contribution is 2.31. The SMILES string of the molecule is COc1cc(CBr)cc2c1CN(C(=O)OC(C)(C)C)CC2. The molecule has 0 fully saturated rings. The van der Waals surface area contributed by atoms with Crippen LogP contribution in [0.5, 0.6) is 5.75 Å². The second-order valence-electron chi connectivity index (χ2n) is 6.22. The quantitative estimate of drug-likeness (QED) is 0.755. The van der Waals surface area contributed by atoms with Gasteiger partial charge in [0.1, 0.15) is 11.4 Å². The van der Waals surface area contributed by atoms with Crippen LogP contribution in [-0.2, 0) is 23.0 Å². The summed E-state index contributed by atoms with van der Waals surface area (Å²) < 4.78 is 10.9. The van der Waals surface area contributed by atoms with Crippen molar-refractivity contribution in [1.82, 2.24) is 4.90 Å². The Hall–Kier alpha value is -1.23. The first-order valence-corrected chi connectivity index (χ1v) is 8.18. The van der Waals surface area contributed by atoms with Crippen LogP contribution in [0.25, 0.3) is 0 Å². The molecule has 4 nitrogen and oxygen atoms in total. The van der Waals surface area contributed by atoms with Crippen molar-refractivity contribution in [2.75, 3.05) is 13.7 Å². The molecule has 1 aromatic carbocycles. The first kappa shape index (κ1) is 16.1. The van der Waals surface area contributed by atoms with Gasteiger partial charge in [-0.25, -0.2) is 4.79 Å². The normalized spacial score (nSPS) is 14.6. The Morgan fingerprint density at radius 2 is 2.10 bits per heavy atom. The zero-order valence-corrected chi connectivity index (χ0v) is 14.6. The predicted octanol–water partition coefficient (Wildman–Crippen LogP) is 3.88. The van der Waals surface area contributed by atoms with E-state index in [1.165, 1.54) is 11.1 Å². The molecule has 1 aliphatic rings. The molecule has 0 unspecified atom stereocenters. The summed E-state index contributed by atoms with van der Waals surface area (Å²) in [6.45, 7) is 6.86. The van der Waals surface area contributed by atoms with Gasteiger partial charge in [-0.05, 0) is 44.4 Å². The lowest BCUT2D eigenvalue weighted by Gasteiger charge is -2.32. The van der Waals surface area contributed by atoms with Crippen LogP contribution < -0.4 is 4.74 Å². The first-order chi connectivity index (χ1) is 9.84. The molecule has 116 valence electrons. The van der Waals surface area contributed by atoms with Gasteiger partial charge in [-0.2, -0.15) is 0 Å². The van der Waals surface area contributed by atoms with E-state index in [2.05, 4.69) is 22.0 Å². The van der Waals surface area contributed by atoms with Crippen molar-refractivity contribution in [2.24, 2.45) is 0 Å². The van der Waals surface area contributed by atoms with Gasteiger partial charge in [0.05, 0.1) is 13.7 Å². The topological polar surface area (TPSA) is 38.8 Å². The molecule has 0 spiro atoms. The lowest BCUT2D eigenvalue weighted by molar-refractivity contribution is 0.0222. The molecule has 1 aliphatic heterocycles. The first-order valence-electron chi connectivity index (χ1n) is 7.06. The molecule has 0 N–H and O–H groups in total. The average molecular weight is 356 g/mol. The molecular weight excluding hydrogens is 334 g/mol. The molecule has 2 rings (SSSR count). The number of amides is 1. The van der Waals surface area contributed by atoms with E-state index in [1.807, 2.05) is 26.8 Å². The van der Waals surface area contributed by atoms with Crippen LogP contribution >= 0.6 is 15.9 Å². The van der Waals surface area contributed by atoms with Crippen LogP contribution in [0.15, 0.2) is 12.1 Å². The van der Waals surface area contributed by atoms with Gasteiger partial charge in [0.25, 0.3) is 0 Å². The van der Waals surface area contributed by atoms with Crippen LogP contribution in [0, 0.1) is 0 Å². The van der Waals surface area contributed by atoms with E-state index in [1.54, 1.807) is 12.0 Å². The molecule has 0 bridgehead atoms. The van der Waals surface area contributed by atoms with E-state index in [4.69, 9.17) is 9.47 Å². The number of rotatable bonds is 2. The van der Waals surface area contributed by atoms with Gasteiger partial charge in [-0.3, -0.25) is 0 Å². The van der Waals surface area contributed by atoms with Gasteiger partial charge in [0.15, 0.2) is 0 Å². The Morgan fingerprint density at radius 3 is 2.67 bits per heavy atom. The van der Waals surface area contributed by atoms with E-state index >= 15 is 0 Å². The predicted molar refractivity (Wildman–Crippen MR) is 86.0 cm³/mol. The smallest absolute Gasteiger partial charge is 0.410 e. The number of hydrogen-bond acceptors (Lipinski definition) is 3. The Labute approximate surface area is 134 Å². The molecule has 1 aromatic rings. The standard InChI is InChI=1S/C16H22BrNO3/c1-16(2,3)21-15(19)18-6-5-12-7-11(9-17)8-14(20-4)13(12)10-18/h7-8H,5-6,9-10H2,1-4H3. The van der Waals surface area contributed by atoms with E-state index in [0.717, 1.165) is 23.1 Å². The third-order valence-electron chi connectivity index (χ3n) is 3.39. The van der Waals surface area contributed by atoms with Crippen molar-refractivity contribution < 1.29 is 14.3 Å². The highest BCUT2D eigenvalue weighted by atomic mass is 79.9. The summed E-state index contributed by atoms with van der Waals surface area (Å²) in [7, 11) is 1.67. The fourth-order valence-corrected chi connectivity index (χ4v) is 2.76. The number of fused-ring (bicyclic) bond motifs is 1. The number of hydrogen-bond donors (Lipinski definition) is 0. The molecular formula is C16H22BrNO3. The molecule has 1 heterocycles.